The van der Waals surface area contributed by atoms with Gasteiger partial charge in [0, 0.05) is 22.5 Å². The molecular weight excluding hydrogens is 365 g/mol. The molecule has 5 nitrogen and oxygen atoms in total. The zero-order chi connectivity index (χ0) is 18.0. The summed E-state index contributed by atoms with van der Waals surface area (Å²) in [5.41, 5.74) is 0.345. The van der Waals surface area contributed by atoms with Gasteiger partial charge in [0.25, 0.3) is 0 Å². The maximum atomic E-state index is 12.2. The molecule has 3 rings (SSSR count). The van der Waals surface area contributed by atoms with Crippen LogP contribution in [-0.4, -0.2) is 30.0 Å². The van der Waals surface area contributed by atoms with Gasteiger partial charge in [-0.1, -0.05) is 29.3 Å². The van der Waals surface area contributed by atoms with Crippen LogP contribution in [-0.2, 0) is 11.2 Å². The Morgan fingerprint density at radius 1 is 1.28 bits per heavy atom. The minimum absolute atomic E-state index is 0.0274. The van der Waals surface area contributed by atoms with E-state index in [9.17, 15) is 9.59 Å². The Bertz CT molecular complexity index is 823. The second-order valence-corrected chi connectivity index (χ2v) is 6.78. The number of aryl methyl sites for hydroxylation is 1. The largest absolute Gasteiger partial charge is 0.486 e. The van der Waals surface area contributed by atoms with E-state index in [2.05, 4.69) is 0 Å². The van der Waals surface area contributed by atoms with Gasteiger partial charge >= 0.3 is 5.63 Å². The molecule has 0 saturated carbocycles. The standard InChI is InChI=1S/C18H17Cl2NO4/c1-11-7-12(8-18(23)24-11)25-13-9-21(10-13)17(22)6-5-14-15(19)3-2-4-16(14)20/h2-4,7-8,13H,5-6,9-10H2,1H3. The predicted octanol–water partition coefficient (Wildman–Crippen LogP) is 3.48. The van der Waals surface area contributed by atoms with E-state index < -0.39 is 5.63 Å². The van der Waals surface area contributed by atoms with Crippen LogP contribution in [0.15, 0.2) is 39.5 Å². The van der Waals surface area contributed by atoms with Crippen LogP contribution in [0.1, 0.15) is 17.7 Å². The normalized spacial score (nSPS) is 14.3. The van der Waals surface area contributed by atoms with Gasteiger partial charge in [0.15, 0.2) is 0 Å². The number of halogens is 2. The van der Waals surface area contributed by atoms with Gasteiger partial charge in [0.1, 0.15) is 17.6 Å². The molecule has 1 aromatic carbocycles. The van der Waals surface area contributed by atoms with Crippen molar-refractivity contribution in [2.24, 2.45) is 0 Å². The van der Waals surface area contributed by atoms with Crippen molar-refractivity contribution in [3.63, 3.8) is 0 Å². The first-order valence-corrected chi connectivity index (χ1v) is 8.67. The van der Waals surface area contributed by atoms with E-state index in [1.54, 1.807) is 36.1 Å². The van der Waals surface area contributed by atoms with Crippen LogP contribution in [0, 0.1) is 6.92 Å². The predicted molar refractivity (Wildman–Crippen MR) is 95.5 cm³/mol. The zero-order valence-electron chi connectivity index (χ0n) is 13.6. The molecule has 1 saturated heterocycles. The molecule has 132 valence electrons. The molecule has 1 aliphatic rings. The van der Waals surface area contributed by atoms with Gasteiger partial charge in [0.2, 0.25) is 5.91 Å². The van der Waals surface area contributed by atoms with Gasteiger partial charge in [-0.2, -0.15) is 0 Å². The lowest BCUT2D eigenvalue weighted by Gasteiger charge is -2.39. The average molecular weight is 382 g/mol. The van der Waals surface area contributed by atoms with Crippen LogP contribution < -0.4 is 10.4 Å². The van der Waals surface area contributed by atoms with E-state index in [0.717, 1.165) is 5.56 Å². The first-order chi connectivity index (χ1) is 11.9. The van der Waals surface area contributed by atoms with Crippen molar-refractivity contribution in [2.45, 2.75) is 25.9 Å². The van der Waals surface area contributed by atoms with Gasteiger partial charge in [-0.3, -0.25) is 4.79 Å². The Labute approximate surface area is 155 Å². The molecule has 0 unspecified atom stereocenters. The zero-order valence-corrected chi connectivity index (χ0v) is 15.1. The topological polar surface area (TPSA) is 59.8 Å². The summed E-state index contributed by atoms with van der Waals surface area (Å²) in [4.78, 5) is 25.3. The SMILES string of the molecule is Cc1cc(OC2CN(C(=O)CCc3c(Cl)cccc3Cl)C2)cc(=O)o1. The molecule has 0 aliphatic carbocycles. The third-order valence-corrected chi connectivity index (χ3v) is 4.73. The van der Waals surface area contributed by atoms with Crippen molar-refractivity contribution in [3.05, 3.63) is 62.1 Å². The molecule has 2 aromatic rings. The van der Waals surface area contributed by atoms with E-state index in [0.29, 0.717) is 47.5 Å². The number of hydrogen-bond donors (Lipinski definition) is 0. The van der Waals surface area contributed by atoms with Crippen molar-refractivity contribution in [1.82, 2.24) is 4.90 Å². The van der Waals surface area contributed by atoms with Crippen LogP contribution in [0.4, 0.5) is 0 Å². The summed E-state index contributed by atoms with van der Waals surface area (Å²) < 4.78 is 10.6. The van der Waals surface area contributed by atoms with Gasteiger partial charge < -0.3 is 14.1 Å². The molecule has 25 heavy (non-hydrogen) atoms. The molecule has 0 N–H and O–H groups in total. The van der Waals surface area contributed by atoms with Crippen molar-refractivity contribution < 1.29 is 13.9 Å². The van der Waals surface area contributed by atoms with Crippen molar-refractivity contribution in [3.8, 4) is 5.75 Å². The first kappa shape index (κ1) is 17.8. The van der Waals surface area contributed by atoms with Crippen LogP contribution in [0.25, 0.3) is 0 Å². The highest BCUT2D eigenvalue weighted by Gasteiger charge is 2.32. The Morgan fingerprint density at radius 2 is 1.96 bits per heavy atom. The van der Waals surface area contributed by atoms with Crippen LogP contribution >= 0.6 is 23.2 Å². The Kier molecular flexibility index (Phi) is 5.35. The molecule has 1 aromatic heterocycles. The van der Waals surface area contributed by atoms with Crippen molar-refractivity contribution >= 4 is 29.1 Å². The van der Waals surface area contributed by atoms with Crippen LogP contribution in [0.2, 0.25) is 10.0 Å². The average Bonchev–Trinajstić information content (AvgIpc) is 2.48. The van der Waals surface area contributed by atoms with Gasteiger partial charge in [-0.05, 0) is 31.0 Å². The maximum Gasteiger partial charge on any atom is 0.339 e. The second-order valence-electron chi connectivity index (χ2n) is 5.96. The molecule has 0 radical (unpaired) electrons. The number of likely N-dealkylation sites (tertiary alicyclic amines) is 1. The third kappa shape index (κ3) is 4.35. The Morgan fingerprint density at radius 3 is 2.60 bits per heavy atom. The molecule has 7 heteroatoms. The number of carbonyl (C=O) groups is 1. The van der Waals surface area contributed by atoms with E-state index in [4.69, 9.17) is 32.4 Å². The summed E-state index contributed by atoms with van der Waals surface area (Å²) in [6.07, 6.45) is 0.719. The molecule has 1 aliphatic heterocycles. The van der Waals surface area contributed by atoms with Gasteiger partial charge in [-0.15, -0.1) is 0 Å². The molecule has 1 fully saturated rings. The third-order valence-electron chi connectivity index (χ3n) is 4.02. The Balaban J connectivity index is 1.49. The summed E-state index contributed by atoms with van der Waals surface area (Å²) in [5.74, 6) is 0.986. The Hall–Kier alpha value is -1.98. The maximum absolute atomic E-state index is 12.2. The van der Waals surface area contributed by atoms with Crippen LogP contribution in [0.3, 0.4) is 0 Å². The quantitative estimate of drug-likeness (QED) is 0.795. The molecule has 0 atom stereocenters. The fraction of sp³-hybridized carbons (Fsp3) is 0.333. The lowest BCUT2D eigenvalue weighted by atomic mass is 10.1. The minimum Gasteiger partial charge on any atom is -0.486 e. The second kappa shape index (κ2) is 7.50. The number of benzene rings is 1. The number of amides is 1. The first-order valence-electron chi connectivity index (χ1n) is 7.91. The molecule has 1 amide bonds. The molecular formula is C18H17Cl2NO4. The summed E-state index contributed by atoms with van der Waals surface area (Å²) in [6, 6.07) is 8.26. The number of ether oxygens (including phenoxy) is 1. The monoisotopic (exact) mass is 381 g/mol. The highest BCUT2D eigenvalue weighted by atomic mass is 35.5. The summed E-state index contributed by atoms with van der Waals surface area (Å²) >= 11 is 12.2. The van der Waals surface area contributed by atoms with Crippen LogP contribution in [0.5, 0.6) is 5.75 Å². The molecule has 2 heterocycles. The summed E-state index contributed by atoms with van der Waals surface area (Å²) in [6.45, 7) is 2.67. The fourth-order valence-electron chi connectivity index (χ4n) is 2.71. The molecule has 0 bridgehead atoms. The minimum atomic E-state index is -0.445. The lowest BCUT2D eigenvalue weighted by molar-refractivity contribution is -0.139. The fourth-order valence-corrected chi connectivity index (χ4v) is 3.30. The highest BCUT2D eigenvalue weighted by Crippen LogP contribution is 2.26. The number of rotatable bonds is 5. The smallest absolute Gasteiger partial charge is 0.339 e. The number of hydrogen-bond acceptors (Lipinski definition) is 4. The lowest BCUT2D eigenvalue weighted by Crippen LogP contribution is -2.56. The number of nitrogens with zero attached hydrogens (tertiary/aromatic N) is 1. The summed E-state index contributed by atoms with van der Waals surface area (Å²) in [7, 11) is 0. The van der Waals surface area contributed by atoms with E-state index in [1.807, 2.05) is 0 Å². The van der Waals surface area contributed by atoms with E-state index in [1.165, 1.54) is 6.07 Å². The van der Waals surface area contributed by atoms with Crippen molar-refractivity contribution in [2.75, 3.05) is 13.1 Å². The van der Waals surface area contributed by atoms with Gasteiger partial charge in [0.05, 0.1) is 19.2 Å². The van der Waals surface area contributed by atoms with Crippen molar-refractivity contribution in [1.29, 1.82) is 0 Å². The van der Waals surface area contributed by atoms with E-state index >= 15 is 0 Å². The van der Waals surface area contributed by atoms with E-state index in [-0.39, 0.29) is 12.0 Å². The number of carbonyl (C=O) groups excluding carboxylic acids is 1. The van der Waals surface area contributed by atoms with Gasteiger partial charge in [-0.25, -0.2) is 4.79 Å². The molecule has 0 spiro atoms. The highest BCUT2D eigenvalue weighted by molar-refractivity contribution is 6.36. The summed E-state index contributed by atoms with van der Waals surface area (Å²) in [5, 5.41) is 1.15.